The number of halogens is 2. The molecule has 2 N–H and O–H groups in total. The predicted octanol–water partition coefficient (Wildman–Crippen LogP) is 1.27. The molecule has 0 fully saturated rings. The maximum atomic E-state index is 13.3. The molecule has 0 aliphatic carbocycles. The Labute approximate surface area is 98.1 Å². The molecule has 0 radical (unpaired) electrons. The molecule has 0 bridgehead atoms. The van der Waals surface area contributed by atoms with Gasteiger partial charge in [0.15, 0.2) is 0 Å². The highest BCUT2D eigenvalue weighted by molar-refractivity contribution is 7.89. The molecule has 0 aliphatic rings. The monoisotopic (exact) mass is 267 g/mol. The zero-order valence-electron chi connectivity index (χ0n) is 8.50. The lowest BCUT2D eigenvalue weighted by molar-refractivity contribution is 0.281. The Bertz CT molecular complexity index is 490. The molecule has 90 valence electrons. The Morgan fingerprint density at radius 3 is 2.62 bits per heavy atom. The number of nitrogens with one attached hydrogen (secondary N) is 1. The van der Waals surface area contributed by atoms with Gasteiger partial charge in [-0.05, 0) is 12.1 Å². The summed E-state index contributed by atoms with van der Waals surface area (Å²) in [5.41, 5.74) is 0.0399. The van der Waals surface area contributed by atoms with E-state index >= 15 is 0 Å². The molecule has 0 spiro atoms. The van der Waals surface area contributed by atoms with E-state index in [-0.39, 0.29) is 22.0 Å². The number of hydrogen-bond acceptors (Lipinski definition) is 3. The quantitative estimate of drug-likeness (QED) is 0.863. The normalized spacial score (nSPS) is 11.8. The molecule has 4 nitrogen and oxygen atoms in total. The second-order valence-corrected chi connectivity index (χ2v) is 5.18. The minimum atomic E-state index is -3.74. The minimum Gasteiger partial charge on any atom is -0.392 e. The number of aliphatic hydroxyl groups is 1. The van der Waals surface area contributed by atoms with Crippen molar-refractivity contribution in [1.29, 1.82) is 0 Å². The van der Waals surface area contributed by atoms with Gasteiger partial charge in [-0.3, -0.25) is 0 Å². The Balaban J connectivity index is 3.32. The van der Waals surface area contributed by atoms with Gasteiger partial charge in [0.2, 0.25) is 10.0 Å². The molecular formula is C9H11ClFNO3S. The fraction of sp³-hybridized carbons (Fsp3) is 0.333. The molecule has 0 amide bonds. The summed E-state index contributed by atoms with van der Waals surface area (Å²) >= 11 is 5.54. The van der Waals surface area contributed by atoms with Gasteiger partial charge in [-0.15, -0.1) is 0 Å². The maximum absolute atomic E-state index is 13.3. The number of benzene rings is 1. The van der Waals surface area contributed by atoms with Crippen molar-refractivity contribution in [3.63, 3.8) is 0 Å². The van der Waals surface area contributed by atoms with Gasteiger partial charge in [0.25, 0.3) is 0 Å². The molecule has 0 saturated heterocycles. The van der Waals surface area contributed by atoms with E-state index in [1.807, 2.05) is 0 Å². The van der Waals surface area contributed by atoms with Crippen LogP contribution in [0, 0.1) is 5.82 Å². The van der Waals surface area contributed by atoms with Crippen molar-refractivity contribution < 1.29 is 17.9 Å². The molecule has 0 heterocycles. The van der Waals surface area contributed by atoms with Crippen LogP contribution in [0.1, 0.15) is 12.5 Å². The van der Waals surface area contributed by atoms with E-state index in [0.717, 1.165) is 12.1 Å². The summed E-state index contributed by atoms with van der Waals surface area (Å²) < 4.78 is 38.6. The van der Waals surface area contributed by atoms with Crippen molar-refractivity contribution in [2.45, 2.75) is 18.4 Å². The van der Waals surface area contributed by atoms with Gasteiger partial charge in [0.05, 0.1) is 16.5 Å². The zero-order valence-corrected chi connectivity index (χ0v) is 10.1. The van der Waals surface area contributed by atoms with Gasteiger partial charge in [0.1, 0.15) is 5.82 Å². The molecule has 1 aromatic carbocycles. The van der Waals surface area contributed by atoms with E-state index in [1.165, 1.54) is 0 Å². The smallest absolute Gasteiger partial charge is 0.240 e. The second-order valence-electron chi connectivity index (χ2n) is 3.04. The average Bonchev–Trinajstić information content (AvgIpc) is 2.21. The first-order valence-corrected chi connectivity index (χ1v) is 6.37. The number of rotatable bonds is 4. The molecule has 1 rings (SSSR count). The molecule has 16 heavy (non-hydrogen) atoms. The van der Waals surface area contributed by atoms with Crippen molar-refractivity contribution in [2.24, 2.45) is 0 Å². The molecule has 0 saturated carbocycles. The van der Waals surface area contributed by atoms with Crippen LogP contribution in [0.15, 0.2) is 17.0 Å². The third-order valence-corrected chi connectivity index (χ3v) is 3.84. The summed E-state index contributed by atoms with van der Waals surface area (Å²) in [6, 6.07) is 1.96. The first-order valence-electron chi connectivity index (χ1n) is 4.50. The first-order chi connectivity index (χ1) is 7.42. The summed E-state index contributed by atoms with van der Waals surface area (Å²) in [6.07, 6.45) is 0. The lowest BCUT2D eigenvalue weighted by atomic mass is 10.2. The first kappa shape index (κ1) is 13.4. The van der Waals surface area contributed by atoms with Crippen LogP contribution in [0.5, 0.6) is 0 Å². The Morgan fingerprint density at radius 1 is 1.50 bits per heavy atom. The Morgan fingerprint density at radius 2 is 2.12 bits per heavy atom. The van der Waals surface area contributed by atoms with Crippen LogP contribution >= 0.6 is 11.6 Å². The summed E-state index contributed by atoms with van der Waals surface area (Å²) in [4.78, 5) is -0.250. The molecule has 0 atom stereocenters. The fourth-order valence-electron chi connectivity index (χ4n) is 1.16. The average molecular weight is 268 g/mol. The zero-order chi connectivity index (χ0) is 12.3. The highest BCUT2D eigenvalue weighted by Gasteiger charge is 2.17. The van der Waals surface area contributed by atoms with Crippen LogP contribution < -0.4 is 4.72 Å². The third kappa shape index (κ3) is 2.70. The molecule has 0 aliphatic heterocycles. The van der Waals surface area contributed by atoms with E-state index in [1.54, 1.807) is 6.92 Å². The van der Waals surface area contributed by atoms with Gasteiger partial charge >= 0.3 is 0 Å². The fourth-order valence-corrected chi connectivity index (χ4v) is 2.43. The van der Waals surface area contributed by atoms with Crippen LogP contribution in [-0.2, 0) is 16.6 Å². The number of sulfonamides is 1. The summed E-state index contributed by atoms with van der Waals surface area (Å²) in [5.74, 6) is -0.871. The maximum Gasteiger partial charge on any atom is 0.240 e. The molecule has 1 aromatic rings. The lowest BCUT2D eigenvalue weighted by Gasteiger charge is -2.08. The summed E-state index contributed by atoms with van der Waals surface area (Å²) in [6.45, 7) is 1.28. The van der Waals surface area contributed by atoms with Gasteiger partial charge in [-0.1, -0.05) is 18.5 Å². The van der Waals surface area contributed by atoms with E-state index in [4.69, 9.17) is 16.7 Å². The van der Waals surface area contributed by atoms with Crippen LogP contribution in [0.25, 0.3) is 0 Å². The predicted molar refractivity (Wildman–Crippen MR) is 58.2 cm³/mol. The van der Waals surface area contributed by atoms with Crippen molar-refractivity contribution >= 4 is 21.6 Å². The largest absolute Gasteiger partial charge is 0.392 e. The highest BCUT2D eigenvalue weighted by atomic mass is 35.5. The number of hydrogen-bond donors (Lipinski definition) is 2. The van der Waals surface area contributed by atoms with Crippen LogP contribution in [0.2, 0.25) is 5.02 Å². The number of aliphatic hydroxyl groups excluding tert-OH is 1. The van der Waals surface area contributed by atoms with Crippen molar-refractivity contribution in [3.05, 3.63) is 28.5 Å². The molecule has 7 heteroatoms. The van der Waals surface area contributed by atoms with E-state index in [2.05, 4.69) is 4.72 Å². The topological polar surface area (TPSA) is 66.4 Å². The Kier molecular flexibility index (Phi) is 4.26. The molecule has 0 unspecified atom stereocenters. The van der Waals surface area contributed by atoms with Gasteiger partial charge in [0, 0.05) is 12.1 Å². The van der Waals surface area contributed by atoms with Crippen LogP contribution in [-0.4, -0.2) is 20.1 Å². The SMILES string of the molecule is CCNS(=O)(=O)c1cc(F)c(Cl)c(CO)c1. The lowest BCUT2D eigenvalue weighted by Crippen LogP contribution is -2.23. The van der Waals surface area contributed by atoms with Crippen molar-refractivity contribution in [3.8, 4) is 0 Å². The molecular weight excluding hydrogens is 257 g/mol. The van der Waals surface area contributed by atoms with Crippen molar-refractivity contribution in [1.82, 2.24) is 4.72 Å². The summed E-state index contributed by atoms with van der Waals surface area (Å²) in [5, 5.41) is 8.63. The molecule has 0 aromatic heterocycles. The second kappa shape index (κ2) is 5.09. The van der Waals surface area contributed by atoms with Gasteiger partial charge < -0.3 is 5.11 Å². The van der Waals surface area contributed by atoms with E-state index < -0.39 is 22.4 Å². The van der Waals surface area contributed by atoms with Gasteiger partial charge in [-0.2, -0.15) is 0 Å². The third-order valence-electron chi connectivity index (χ3n) is 1.89. The van der Waals surface area contributed by atoms with Crippen molar-refractivity contribution in [2.75, 3.05) is 6.54 Å². The minimum absolute atomic E-state index is 0.0399. The summed E-state index contributed by atoms with van der Waals surface area (Å²) in [7, 11) is -3.74. The van der Waals surface area contributed by atoms with E-state index in [0.29, 0.717) is 0 Å². The highest BCUT2D eigenvalue weighted by Crippen LogP contribution is 2.24. The standard InChI is InChI=1S/C9H11ClFNO3S/c1-2-12-16(14,15)7-3-6(5-13)9(10)8(11)4-7/h3-4,12-13H,2,5H2,1H3. The van der Waals surface area contributed by atoms with Gasteiger partial charge in [-0.25, -0.2) is 17.5 Å². The van der Waals surface area contributed by atoms with E-state index in [9.17, 15) is 12.8 Å². The van der Waals surface area contributed by atoms with Crippen LogP contribution in [0.3, 0.4) is 0 Å². The van der Waals surface area contributed by atoms with Crippen LogP contribution in [0.4, 0.5) is 4.39 Å². The Hall–Kier alpha value is -0.690.